The molecule has 0 spiro atoms. The summed E-state index contributed by atoms with van der Waals surface area (Å²) in [5.74, 6) is -0.380. The minimum absolute atomic E-state index is 0.190. The quantitative estimate of drug-likeness (QED) is 0.144. The summed E-state index contributed by atoms with van der Waals surface area (Å²) < 4.78 is 27.1. The number of para-hydroxylation sites is 1. The number of hydrogen-bond donors (Lipinski definition) is 1. The smallest absolute Gasteiger partial charge is 0.274 e. The number of carbonyl (C=O) groups is 2. The first-order valence-corrected chi connectivity index (χ1v) is 14.0. The number of carbonyl (C=O) groups excluding carboxylic acids is 2. The zero-order valence-electron chi connectivity index (χ0n) is 20.4. The first-order valence-electron chi connectivity index (χ1n) is 12.5. The molecule has 0 radical (unpaired) electrons. The Morgan fingerprint density at radius 2 is 1.19 bits per heavy atom. The lowest BCUT2D eigenvalue weighted by molar-refractivity contribution is -0.387. The first kappa shape index (κ1) is 27.5. The molecule has 0 saturated heterocycles. The van der Waals surface area contributed by atoms with Gasteiger partial charge in [-0.3, -0.25) is 24.6 Å². The maximum Gasteiger partial charge on any atom is 0.289 e. The third-order valence-corrected chi connectivity index (χ3v) is 7.84. The van der Waals surface area contributed by atoms with Gasteiger partial charge in [-0.15, -0.1) is 0 Å². The van der Waals surface area contributed by atoms with E-state index in [9.17, 15) is 28.1 Å². The Labute approximate surface area is 212 Å². The molecule has 3 rings (SSSR count). The molecule has 1 N–H and O–H groups in total. The molecule has 194 valence electrons. The Hall–Kier alpha value is -3.11. The summed E-state index contributed by atoms with van der Waals surface area (Å²) in [7, 11) is -3.91. The van der Waals surface area contributed by atoms with Gasteiger partial charge >= 0.3 is 0 Å². The van der Waals surface area contributed by atoms with Crippen LogP contribution in [0.25, 0.3) is 0 Å². The van der Waals surface area contributed by atoms with Gasteiger partial charge in [-0.2, -0.15) is 0 Å². The predicted molar refractivity (Wildman–Crippen MR) is 136 cm³/mol. The largest absolute Gasteiger partial charge is 0.289 e. The minimum Gasteiger partial charge on any atom is -0.274 e. The van der Waals surface area contributed by atoms with Crippen LogP contribution in [0.2, 0.25) is 0 Å². The van der Waals surface area contributed by atoms with E-state index in [1.54, 1.807) is 24.3 Å². The highest BCUT2D eigenvalue weighted by Gasteiger charge is 2.34. The van der Waals surface area contributed by atoms with Gasteiger partial charge in [0.1, 0.15) is 0 Å². The molecule has 2 aromatic carbocycles. The van der Waals surface area contributed by atoms with Crippen molar-refractivity contribution < 1.29 is 22.9 Å². The number of imide groups is 1. The second-order valence-corrected chi connectivity index (χ2v) is 10.7. The SMILES string of the molecule is O=C1c2ccccc2C(=O)N1CCCCCCCCCCCCNS(=O)(=O)c1ccccc1[N+](=O)[O-]. The predicted octanol–water partition coefficient (Wildman–Crippen LogP) is 5.07. The van der Waals surface area contributed by atoms with Crippen molar-refractivity contribution in [1.82, 2.24) is 9.62 Å². The zero-order chi connectivity index (χ0) is 26.0. The van der Waals surface area contributed by atoms with Crippen LogP contribution in [0.3, 0.4) is 0 Å². The van der Waals surface area contributed by atoms with Crippen molar-refractivity contribution in [2.24, 2.45) is 0 Å². The van der Waals surface area contributed by atoms with Crippen LogP contribution in [0.1, 0.15) is 84.9 Å². The Kier molecular flexibility index (Phi) is 10.1. The van der Waals surface area contributed by atoms with E-state index < -0.39 is 20.6 Å². The summed E-state index contributed by atoms with van der Waals surface area (Å²) >= 11 is 0. The highest BCUT2D eigenvalue weighted by molar-refractivity contribution is 7.89. The normalized spacial score (nSPS) is 13.3. The number of rotatable bonds is 16. The van der Waals surface area contributed by atoms with Crippen molar-refractivity contribution in [2.75, 3.05) is 13.1 Å². The van der Waals surface area contributed by atoms with E-state index in [1.165, 1.54) is 29.2 Å². The Balaban J connectivity index is 1.18. The standard InChI is InChI=1S/C26H33N3O6S/c30-25-21-15-9-10-16-22(21)26(31)28(25)20-14-8-6-4-2-1-3-5-7-13-19-27-36(34,35)24-18-12-11-17-23(24)29(32)33/h9-12,15-18,27H,1-8,13-14,19-20H2. The second-order valence-electron chi connectivity index (χ2n) is 8.97. The van der Waals surface area contributed by atoms with E-state index in [0.717, 1.165) is 57.8 Å². The van der Waals surface area contributed by atoms with Gasteiger partial charge in [-0.1, -0.05) is 75.6 Å². The Morgan fingerprint density at radius 1 is 0.722 bits per heavy atom. The highest BCUT2D eigenvalue weighted by Crippen LogP contribution is 2.24. The summed E-state index contributed by atoms with van der Waals surface area (Å²) in [6, 6.07) is 12.3. The molecule has 36 heavy (non-hydrogen) atoms. The van der Waals surface area contributed by atoms with Gasteiger partial charge in [-0.05, 0) is 31.0 Å². The summed E-state index contributed by atoms with van der Waals surface area (Å²) in [5.41, 5.74) is 0.578. The number of nitro groups is 1. The van der Waals surface area contributed by atoms with Gasteiger partial charge in [0.25, 0.3) is 17.5 Å². The molecule has 2 amide bonds. The van der Waals surface area contributed by atoms with Gasteiger partial charge in [-0.25, -0.2) is 13.1 Å². The second kappa shape index (κ2) is 13.3. The molecule has 1 aliphatic heterocycles. The van der Waals surface area contributed by atoms with Crippen molar-refractivity contribution >= 4 is 27.5 Å². The molecule has 10 heteroatoms. The van der Waals surface area contributed by atoms with Crippen LogP contribution in [0.4, 0.5) is 5.69 Å². The number of benzene rings is 2. The van der Waals surface area contributed by atoms with Gasteiger partial charge in [0.15, 0.2) is 4.90 Å². The molecule has 1 heterocycles. The monoisotopic (exact) mass is 515 g/mol. The molecule has 9 nitrogen and oxygen atoms in total. The van der Waals surface area contributed by atoms with Gasteiger partial charge < -0.3 is 0 Å². The van der Waals surface area contributed by atoms with E-state index in [4.69, 9.17) is 0 Å². The first-order chi connectivity index (χ1) is 17.3. The lowest BCUT2D eigenvalue weighted by Crippen LogP contribution is -2.30. The summed E-state index contributed by atoms with van der Waals surface area (Å²) in [4.78, 5) is 36.1. The van der Waals surface area contributed by atoms with Crippen LogP contribution in [0.15, 0.2) is 53.4 Å². The van der Waals surface area contributed by atoms with E-state index >= 15 is 0 Å². The average molecular weight is 516 g/mol. The fourth-order valence-electron chi connectivity index (χ4n) is 4.37. The van der Waals surface area contributed by atoms with Crippen molar-refractivity contribution in [3.05, 3.63) is 69.8 Å². The third kappa shape index (κ3) is 7.20. The van der Waals surface area contributed by atoms with Crippen molar-refractivity contribution in [3.8, 4) is 0 Å². The molecule has 0 aliphatic carbocycles. The van der Waals surface area contributed by atoms with Crippen LogP contribution < -0.4 is 4.72 Å². The number of hydrogen-bond acceptors (Lipinski definition) is 6. The fraction of sp³-hybridized carbons (Fsp3) is 0.462. The molecule has 0 bridgehead atoms. The summed E-state index contributed by atoms with van der Waals surface area (Å²) in [6.45, 7) is 0.717. The number of sulfonamides is 1. The molecule has 0 aromatic heterocycles. The average Bonchev–Trinajstić information content (AvgIpc) is 3.11. The Bertz CT molecular complexity index is 1150. The van der Waals surface area contributed by atoms with Crippen LogP contribution >= 0.6 is 0 Å². The number of nitro benzene ring substituents is 1. The molecule has 2 aromatic rings. The number of nitrogens with zero attached hydrogens (tertiary/aromatic N) is 2. The van der Waals surface area contributed by atoms with E-state index in [0.29, 0.717) is 24.1 Å². The maximum absolute atomic E-state index is 12.3. The summed E-state index contributed by atoms with van der Waals surface area (Å²) in [6.07, 6.45) is 9.85. The zero-order valence-corrected chi connectivity index (χ0v) is 21.2. The topological polar surface area (TPSA) is 127 Å². The van der Waals surface area contributed by atoms with Gasteiger partial charge in [0, 0.05) is 19.2 Å². The third-order valence-electron chi connectivity index (χ3n) is 6.33. The molecular formula is C26H33N3O6S. The van der Waals surface area contributed by atoms with Gasteiger partial charge in [0.2, 0.25) is 10.0 Å². The molecule has 0 fully saturated rings. The lowest BCUT2D eigenvalue weighted by atomic mass is 10.1. The van der Waals surface area contributed by atoms with E-state index in [1.807, 2.05) is 0 Å². The molecular weight excluding hydrogens is 482 g/mol. The van der Waals surface area contributed by atoms with Crippen LogP contribution in [0.5, 0.6) is 0 Å². The molecule has 0 saturated carbocycles. The molecule has 0 atom stereocenters. The number of nitrogens with one attached hydrogen (secondary N) is 1. The number of amides is 2. The lowest BCUT2D eigenvalue weighted by Gasteiger charge is -2.13. The van der Waals surface area contributed by atoms with Crippen molar-refractivity contribution in [2.45, 2.75) is 69.1 Å². The van der Waals surface area contributed by atoms with Crippen LogP contribution in [-0.4, -0.2) is 43.1 Å². The minimum atomic E-state index is -3.91. The maximum atomic E-state index is 12.3. The Morgan fingerprint density at radius 3 is 1.75 bits per heavy atom. The van der Waals surface area contributed by atoms with E-state index in [2.05, 4.69) is 4.72 Å². The summed E-state index contributed by atoms with van der Waals surface area (Å²) in [5, 5.41) is 11.0. The number of fused-ring (bicyclic) bond motifs is 1. The van der Waals surface area contributed by atoms with E-state index in [-0.39, 0.29) is 23.3 Å². The van der Waals surface area contributed by atoms with Crippen molar-refractivity contribution in [1.29, 1.82) is 0 Å². The molecule has 1 aliphatic rings. The molecule has 0 unspecified atom stereocenters. The number of unbranched alkanes of at least 4 members (excludes halogenated alkanes) is 9. The van der Waals surface area contributed by atoms with Crippen LogP contribution in [0, 0.1) is 10.1 Å². The fourth-order valence-corrected chi connectivity index (χ4v) is 5.62. The van der Waals surface area contributed by atoms with Crippen molar-refractivity contribution in [3.63, 3.8) is 0 Å². The van der Waals surface area contributed by atoms with Crippen LogP contribution in [-0.2, 0) is 10.0 Å². The van der Waals surface area contributed by atoms with Gasteiger partial charge in [0.05, 0.1) is 16.1 Å². The highest BCUT2D eigenvalue weighted by atomic mass is 32.2.